The zero-order valence-electron chi connectivity index (χ0n) is 13.2. The maximum atomic E-state index is 12.3. The van der Waals surface area contributed by atoms with Crippen molar-refractivity contribution in [2.75, 3.05) is 17.8 Å². The van der Waals surface area contributed by atoms with Gasteiger partial charge in [0, 0.05) is 17.8 Å². The van der Waals surface area contributed by atoms with Crippen LogP contribution >= 0.6 is 11.8 Å². The van der Waals surface area contributed by atoms with Crippen LogP contribution in [0, 0.1) is 10.1 Å². The molecule has 1 atom stereocenters. The summed E-state index contributed by atoms with van der Waals surface area (Å²) in [6.07, 6.45) is 0. The second-order valence-corrected chi connectivity index (χ2v) is 6.39. The summed E-state index contributed by atoms with van der Waals surface area (Å²) in [5.74, 6) is -0.261. The summed E-state index contributed by atoms with van der Waals surface area (Å²) in [4.78, 5) is 36.0. The molecule has 25 heavy (non-hydrogen) atoms. The summed E-state index contributed by atoms with van der Waals surface area (Å²) in [6.45, 7) is 0. The molecule has 7 nitrogen and oxygen atoms in total. The average Bonchev–Trinajstić information content (AvgIpc) is 3.02. The molecule has 3 rings (SSSR count). The highest BCUT2D eigenvalue weighted by Gasteiger charge is 2.34. The molecule has 0 saturated carbocycles. The molecule has 0 aromatic heterocycles. The number of carbonyl (C=O) groups excluding carboxylic acids is 2. The maximum Gasteiger partial charge on any atom is 0.337 e. The molecule has 1 aliphatic heterocycles. The molecule has 0 N–H and O–H groups in total. The second kappa shape index (κ2) is 6.94. The van der Waals surface area contributed by atoms with Gasteiger partial charge in [-0.25, -0.2) is 4.79 Å². The fraction of sp³-hybridized carbons (Fsp3) is 0.176. The molecular formula is C17H14N2O5S. The maximum absolute atomic E-state index is 12.3. The Morgan fingerprint density at radius 3 is 2.64 bits per heavy atom. The number of anilines is 1. The van der Waals surface area contributed by atoms with Gasteiger partial charge in [0.25, 0.3) is 5.69 Å². The standard InChI is InChI=1S/C17H14N2O5S/c1-24-17(21)11-5-7-13(8-6-11)18-15(20)10-25-16(18)12-3-2-4-14(9-12)19(22)23/h2-9,16H,10H2,1H3/t16-/m1/s1. The molecule has 0 radical (unpaired) electrons. The molecule has 8 heteroatoms. The summed E-state index contributed by atoms with van der Waals surface area (Å²) in [5, 5.41) is 10.6. The van der Waals surface area contributed by atoms with Crippen molar-refractivity contribution in [3.05, 3.63) is 69.8 Å². The van der Waals surface area contributed by atoms with Crippen molar-refractivity contribution in [1.82, 2.24) is 0 Å². The summed E-state index contributed by atoms with van der Waals surface area (Å²) in [6, 6.07) is 12.8. The van der Waals surface area contributed by atoms with Crippen LogP contribution in [0.1, 0.15) is 21.3 Å². The summed E-state index contributed by atoms with van der Waals surface area (Å²) in [5.41, 5.74) is 1.68. The quantitative estimate of drug-likeness (QED) is 0.474. The molecule has 128 valence electrons. The number of nitrogens with zero attached hydrogens (tertiary/aromatic N) is 2. The number of methoxy groups -OCH3 is 1. The third kappa shape index (κ3) is 3.34. The minimum absolute atomic E-state index is 0.0153. The van der Waals surface area contributed by atoms with Gasteiger partial charge in [0.2, 0.25) is 5.91 Å². The first-order chi connectivity index (χ1) is 12.0. The molecule has 0 aliphatic carbocycles. The predicted octanol–water partition coefficient (Wildman–Crippen LogP) is 3.16. The molecule has 0 spiro atoms. The number of non-ortho nitro benzene ring substituents is 1. The van der Waals surface area contributed by atoms with E-state index in [1.54, 1.807) is 41.3 Å². The van der Waals surface area contributed by atoms with Crippen molar-refractivity contribution in [2.24, 2.45) is 0 Å². The van der Waals surface area contributed by atoms with E-state index in [-0.39, 0.29) is 22.7 Å². The van der Waals surface area contributed by atoms with Crippen LogP contribution in [0.15, 0.2) is 48.5 Å². The minimum Gasteiger partial charge on any atom is -0.465 e. The van der Waals surface area contributed by atoms with E-state index < -0.39 is 10.9 Å². The monoisotopic (exact) mass is 358 g/mol. The van der Waals surface area contributed by atoms with E-state index in [1.165, 1.54) is 31.0 Å². The lowest BCUT2D eigenvalue weighted by Gasteiger charge is -2.24. The number of nitro groups is 1. The Balaban J connectivity index is 1.93. The van der Waals surface area contributed by atoms with Gasteiger partial charge in [-0.3, -0.25) is 19.8 Å². The molecule has 0 unspecified atom stereocenters. The van der Waals surface area contributed by atoms with Crippen LogP contribution in [0.25, 0.3) is 0 Å². The van der Waals surface area contributed by atoms with E-state index in [0.29, 0.717) is 16.8 Å². The Kier molecular flexibility index (Phi) is 4.71. The van der Waals surface area contributed by atoms with Gasteiger partial charge in [-0.2, -0.15) is 0 Å². The number of hydrogen-bond acceptors (Lipinski definition) is 6. The Hall–Kier alpha value is -2.87. The van der Waals surface area contributed by atoms with Crippen LogP contribution in [0.4, 0.5) is 11.4 Å². The molecule has 0 bridgehead atoms. The molecule has 1 amide bonds. The lowest BCUT2D eigenvalue weighted by molar-refractivity contribution is -0.384. The first-order valence-electron chi connectivity index (χ1n) is 7.37. The van der Waals surface area contributed by atoms with Crippen molar-refractivity contribution in [3.63, 3.8) is 0 Å². The Bertz CT molecular complexity index is 837. The molecule has 1 aliphatic rings. The van der Waals surface area contributed by atoms with Crippen molar-refractivity contribution in [3.8, 4) is 0 Å². The number of esters is 1. The lowest BCUT2D eigenvalue weighted by Crippen LogP contribution is -2.27. The summed E-state index contributed by atoms with van der Waals surface area (Å²) in [7, 11) is 1.30. The molecule has 1 heterocycles. The average molecular weight is 358 g/mol. The topological polar surface area (TPSA) is 89.8 Å². The highest BCUT2D eigenvalue weighted by molar-refractivity contribution is 8.00. The zero-order valence-corrected chi connectivity index (χ0v) is 14.1. The van der Waals surface area contributed by atoms with Crippen LogP contribution in [0.5, 0.6) is 0 Å². The van der Waals surface area contributed by atoms with Crippen LogP contribution in [0.3, 0.4) is 0 Å². The van der Waals surface area contributed by atoms with E-state index >= 15 is 0 Å². The van der Waals surface area contributed by atoms with Gasteiger partial charge in [-0.15, -0.1) is 11.8 Å². The molecule has 1 fully saturated rings. The van der Waals surface area contributed by atoms with Crippen LogP contribution in [0.2, 0.25) is 0 Å². The van der Waals surface area contributed by atoms with Gasteiger partial charge in [0.15, 0.2) is 0 Å². The van der Waals surface area contributed by atoms with Gasteiger partial charge in [-0.05, 0) is 29.8 Å². The Morgan fingerprint density at radius 2 is 2.00 bits per heavy atom. The largest absolute Gasteiger partial charge is 0.465 e. The number of rotatable bonds is 4. The Labute approximate surface area is 147 Å². The number of benzene rings is 2. The molecule has 2 aromatic rings. The van der Waals surface area contributed by atoms with Crippen molar-refractivity contribution < 1.29 is 19.2 Å². The fourth-order valence-electron chi connectivity index (χ4n) is 2.62. The van der Waals surface area contributed by atoms with Gasteiger partial charge < -0.3 is 4.74 Å². The van der Waals surface area contributed by atoms with E-state index in [9.17, 15) is 19.7 Å². The van der Waals surface area contributed by atoms with E-state index in [1.807, 2.05) is 0 Å². The van der Waals surface area contributed by atoms with Crippen LogP contribution < -0.4 is 4.90 Å². The Morgan fingerprint density at radius 1 is 1.28 bits per heavy atom. The van der Waals surface area contributed by atoms with E-state index in [2.05, 4.69) is 4.74 Å². The first kappa shape index (κ1) is 17.0. The molecule has 2 aromatic carbocycles. The fourth-order valence-corrected chi connectivity index (χ4v) is 3.78. The lowest BCUT2D eigenvalue weighted by atomic mass is 10.1. The van der Waals surface area contributed by atoms with Crippen molar-refractivity contribution in [1.29, 1.82) is 0 Å². The van der Waals surface area contributed by atoms with E-state index in [0.717, 1.165) is 0 Å². The number of hydrogen-bond donors (Lipinski definition) is 0. The smallest absolute Gasteiger partial charge is 0.337 e. The SMILES string of the molecule is COC(=O)c1ccc(N2C(=O)CS[C@@H]2c2cccc([N+](=O)[O-])c2)cc1. The predicted molar refractivity (Wildman–Crippen MR) is 93.6 cm³/mol. The van der Waals surface area contributed by atoms with E-state index in [4.69, 9.17) is 0 Å². The van der Waals surface area contributed by atoms with Gasteiger partial charge >= 0.3 is 5.97 Å². The number of nitro benzene ring substituents is 1. The normalized spacial score (nSPS) is 16.8. The van der Waals surface area contributed by atoms with Gasteiger partial charge in [-0.1, -0.05) is 12.1 Å². The summed E-state index contributed by atoms with van der Waals surface area (Å²) < 4.78 is 4.66. The van der Waals surface area contributed by atoms with Gasteiger partial charge in [0.1, 0.15) is 5.37 Å². The summed E-state index contributed by atoms with van der Waals surface area (Å²) >= 11 is 1.40. The number of thioether (sulfide) groups is 1. The number of amides is 1. The molecule has 1 saturated heterocycles. The highest BCUT2D eigenvalue weighted by atomic mass is 32.2. The van der Waals surface area contributed by atoms with Crippen molar-refractivity contribution in [2.45, 2.75) is 5.37 Å². The van der Waals surface area contributed by atoms with Crippen LogP contribution in [-0.2, 0) is 9.53 Å². The third-order valence-electron chi connectivity index (χ3n) is 3.80. The number of carbonyl (C=O) groups is 2. The third-order valence-corrected chi connectivity index (χ3v) is 5.01. The zero-order chi connectivity index (χ0) is 18.0. The number of ether oxygens (including phenoxy) is 1. The minimum atomic E-state index is -0.458. The molecular weight excluding hydrogens is 344 g/mol. The van der Waals surface area contributed by atoms with Gasteiger partial charge in [0.05, 0.1) is 23.3 Å². The van der Waals surface area contributed by atoms with Crippen molar-refractivity contribution >= 4 is 35.0 Å². The first-order valence-corrected chi connectivity index (χ1v) is 8.42. The highest BCUT2D eigenvalue weighted by Crippen LogP contribution is 2.42. The van der Waals surface area contributed by atoms with Crippen LogP contribution in [-0.4, -0.2) is 29.7 Å². The second-order valence-electron chi connectivity index (χ2n) is 5.32.